The Bertz CT molecular complexity index is 735. The fourth-order valence-electron chi connectivity index (χ4n) is 2.70. The van der Waals surface area contributed by atoms with Crippen molar-refractivity contribution in [2.24, 2.45) is 5.92 Å². The van der Waals surface area contributed by atoms with Crippen molar-refractivity contribution < 1.29 is 22.3 Å². The van der Waals surface area contributed by atoms with Gasteiger partial charge in [0.05, 0.1) is 11.5 Å². The standard InChI is InChI=1S/C14H15FO4S/c15-11-3-1-2-10-7-13(19-14(10)11)12(16)6-9-4-5-20(17,18)8-9/h1-3,7,9,12,16H,4-6,8H2. The summed E-state index contributed by atoms with van der Waals surface area (Å²) in [4.78, 5) is 0. The van der Waals surface area contributed by atoms with Crippen LogP contribution in [-0.2, 0) is 9.84 Å². The molecule has 0 saturated carbocycles. The molecule has 2 heterocycles. The lowest BCUT2D eigenvalue weighted by molar-refractivity contribution is 0.125. The number of hydrogen-bond donors (Lipinski definition) is 1. The molecule has 1 saturated heterocycles. The van der Waals surface area contributed by atoms with E-state index in [4.69, 9.17) is 4.42 Å². The molecule has 2 atom stereocenters. The van der Waals surface area contributed by atoms with Gasteiger partial charge in [-0.2, -0.15) is 0 Å². The van der Waals surface area contributed by atoms with Crippen LogP contribution in [0.1, 0.15) is 24.7 Å². The van der Waals surface area contributed by atoms with E-state index in [1.807, 2.05) is 0 Å². The maximum atomic E-state index is 13.5. The SMILES string of the molecule is O=S1(=O)CCC(CC(O)c2cc3cccc(F)c3o2)C1. The Kier molecular flexibility index (Phi) is 3.30. The first-order valence-electron chi connectivity index (χ1n) is 6.51. The fourth-order valence-corrected chi connectivity index (χ4v) is 4.58. The molecule has 4 nitrogen and oxygen atoms in total. The summed E-state index contributed by atoms with van der Waals surface area (Å²) in [5.74, 6) is 0.0458. The zero-order valence-corrected chi connectivity index (χ0v) is 11.6. The smallest absolute Gasteiger partial charge is 0.170 e. The maximum absolute atomic E-state index is 13.5. The van der Waals surface area contributed by atoms with Crippen LogP contribution >= 0.6 is 0 Å². The summed E-state index contributed by atoms with van der Waals surface area (Å²) >= 11 is 0. The molecule has 20 heavy (non-hydrogen) atoms. The molecule has 1 fully saturated rings. The Morgan fingerprint density at radius 1 is 1.45 bits per heavy atom. The molecular weight excluding hydrogens is 283 g/mol. The quantitative estimate of drug-likeness (QED) is 0.945. The summed E-state index contributed by atoms with van der Waals surface area (Å²) in [6, 6.07) is 6.18. The number of furan rings is 1. The van der Waals surface area contributed by atoms with Crippen LogP contribution < -0.4 is 0 Å². The molecule has 3 rings (SSSR count). The molecule has 2 unspecified atom stereocenters. The van der Waals surface area contributed by atoms with E-state index >= 15 is 0 Å². The number of aliphatic hydroxyl groups excluding tert-OH is 1. The van der Waals surface area contributed by atoms with Gasteiger partial charge in [-0.1, -0.05) is 12.1 Å². The molecule has 0 bridgehead atoms. The lowest BCUT2D eigenvalue weighted by atomic mass is 10.00. The highest BCUT2D eigenvalue weighted by Gasteiger charge is 2.30. The summed E-state index contributed by atoms with van der Waals surface area (Å²) < 4.78 is 41.6. The van der Waals surface area contributed by atoms with E-state index in [1.165, 1.54) is 6.07 Å². The van der Waals surface area contributed by atoms with Gasteiger partial charge < -0.3 is 9.52 Å². The minimum Gasteiger partial charge on any atom is -0.455 e. The van der Waals surface area contributed by atoms with Crippen LogP contribution in [0.2, 0.25) is 0 Å². The number of aliphatic hydroxyl groups is 1. The van der Waals surface area contributed by atoms with Crippen molar-refractivity contribution in [1.29, 1.82) is 0 Å². The Balaban J connectivity index is 1.79. The minimum absolute atomic E-state index is 0.0620. The molecule has 1 aliphatic heterocycles. The number of fused-ring (bicyclic) bond motifs is 1. The Morgan fingerprint density at radius 2 is 2.25 bits per heavy atom. The van der Waals surface area contributed by atoms with Crippen molar-refractivity contribution in [2.45, 2.75) is 18.9 Å². The van der Waals surface area contributed by atoms with Crippen LogP contribution in [-0.4, -0.2) is 25.0 Å². The second-order valence-electron chi connectivity index (χ2n) is 5.33. The third kappa shape index (κ3) is 2.58. The van der Waals surface area contributed by atoms with Gasteiger partial charge in [-0.3, -0.25) is 0 Å². The lowest BCUT2D eigenvalue weighted by Gasteiger charge is -2.11. The molecule has 108 valence electrons. The van der Waals surface area contributed by atoms with Crippen molar-refractivity contribution in [3.8, 4) is 0 Å². The third-order valence-electron chi connectivity index (χ3n) is 3.73. The first-order chi connectivity index (χ1) is 9.44. The van der Waals surface area contributed by atoms with Crippen LogP contribution in [0.5, 0.6) is 0 Å². The highest BCUT2D eigenvalue weighted by Crippen LogP contribution is 2.32. The Hall–Kier alpha value is -1.40. The molecule has 1 aliphatic rings. The molecule has 1 aromatic heterocycles. The monoisotopic (exact) mass is 298 g/mol. The molecule has 1 aromatic carbocycles. The van der Waals surface area contributed by atoms with Gasteiger partial charge >= 0.3 is 0 Å². The summed E-state index contributed by atoms with van der Waals surface area (Å²) in [6.07, 6.45) is -0.0191. The van der Waals surface area contributed by atoms with Crippen LogP contribution in [0.3, 0.4) is 0 Å². The highest BCUT2D eigenvalue weighted by molar-refractivity contribution is 7.91. The van der Waals surface area contributed by atoms with Crippen molar-refractivity contribution in [3.05, 3.63) is 35.8 Å². The van der Waals surface area contributed by atoms with Gasteiger partial charge in [-0.25, -0.2) is 12.8 Å². The molecule has 0 amide bonds. The topological polar surface area (TPSA) is 67.5 Å². The van der Waals surface area contributed by atoms with Gasteiger partial charge in [0.1, 0.15) is 11.9 Å². The van der Waals surface area contributed by atoms with Crippen molar-refractivity contribution in [3.63, 3.8) is 0 Å². The van der Waals surface area contributed by atoms with E-state index in [0.717, 1.165) is 0 Å². The fraction of sp³-hybridized carbons (Fsp3) is 0.429. The number of benzene rings is 1. The van der Waals surface area contributed by atoms with Crippen LogP contribution in [0.25, 0.3) is 11.0 Å². The molecular formula is C14H15FO4S. The van der Waals surface area contributed by atoms with Crippen molar-refractivity contribution >= 4 is 20.8 Å². The van der Waals surface area contributed by atoms with Crippen LogP contribution in [0.4, 0.5) is 4.39 Å². The van der Waals surface area contributed by atoms with E-state index in [1.54, 1.807) is 18.2 Å². The molecule has 0 radical (unpaired) electrons. The van der Waals surface area contributed by atoms with E-state index in [2.05, 4.69) is 0 Å². The first-order valence-corrected chi connectivity index (χ1v) is 8.33. The average Bonchev–Trinajstić information content (AvgIpc) is 2.94. The highest BCUT2D eigenvalue weighted by atomic mass is 32.2. The van der Waals surface area contributed by atoms with E-state index in [0.29, 0.717) is 18.2 Å². The largest absolute Gasteiger partial charge is 0.455 e. The number of para-hydroxylation sites is 1. The predicted molar refractivity (Wildman–Crippen MR) is 72.5 cm³/mol. The van der Waals surface area contributed by atoms with Gasteiger partial charge in [0.15, 0.2) is 21.2 Å². The van der Waals surface area contributed by atoms with Gasteiger partial charge in [-0.05, 0) is 30.9 Å². The zero-order chi connectivity index (χ0) is 14.3. The number of hydrogen-bond acceptors (Lipinski definition) is 4. The zero-order valence-electron chi connectivity index (χ0n) is 10.8. The van der Waals surface area contributed by atoms with Crippen molar-refractivity contribution in [1.82, 2.24) is 0 Å². The molecule has 1 N–H and O–H groups in total. The summed E-state index contributed by atoms with van der Waals surface area (Å²) in [6.45, 7) is 0. The Labute approximate surface area is 116 Å². The van der Waals surface area contributed by atoms with Crippen LogP contribution in [0.15, 0.2) is 28.7 Å². The van der Waals surface area contributed by atoms with Crippen LogP contribution in [0, 0.1) is 11.7 Å². The average molecular weight is 298 g/mol. The molecule has 0 spiro atoms. The number of sulfone groups is 1. The number of halogens is 1. The van der Waals surface area contributed by atoms with E-state index in [-0.39, 0.29) is 28.8 Å². The normalized spacial score (nSPS) is 23.2. The molecule has 0 aliphatic carbocycles. The van der Waals surface area contributed by atoms with Crippen molar-refractivity contribution in [2.75, 3.05) is 11.5 Å². The minimum atomic E-state index is -2.96. The third-order valence-corrected chi connectivity index (χ3v) is 5.56. The van der Waals surface area contributed by atoms with Gasteiger partial charge in [-0.15, -0.1) is 0 Å². The second-order valence-corrected chi connectivity index (χ2v) is 7.56. The lowest BCUT2D eigenvalue weighted by Crippen LogP contribution is -2.09. The van der Waals surface area contributed by atoms with Gasteiger partial charge in [0.25, 0.3) is 0 Å². The Morgan fingerprint density at radius 3 is 2.90 bits per heavy atom. The van der Waals surface area contributed by atoms with Gasteiger partial charge in [0.2, 0.25) is 0 Å². The predicted octanol–water partition coefficient (Wildman–Crippen LogP) is 2.43. The van der Waals surface area contributed by atoms with Gasteiger partial charge in [0, 0.05) is 5.39 Å². The van der Waals surface area contributed by atoms with E-state index in [9.17, 15) is 17.9 Å². The first kappa shape index (κ1) is 13.6. The molecule has 6 heteroatoms. The summed E-state index contributed by atoms with van der Waals surface area (Å²) in [7, 11) is -2.96. The molecule has 2 aromatic rings. The second kappa shape index (κ2) is 4.86. The maximum Gasteiger partial charge on any atom is 0.170 e. The summed E-state index contributed by atoms with van der Waals surface area (Å²) in [5.41, 5.74) is 0.126. The van der Waals surface area contributed by atoms with E-state index < -0.39 is 21.8 Å². The number of rotatable bonds is 3. The summed E-state index contributed by atoms with van der Waals surface area (Å²) in [5, 5.41) is 10.7.